The lowest BCUT2D eigenvalue weighted by molar-refractivity contribution is 0.336. The zero-order valence-electron chi connectivity index (χ0n) is 14.4. The third kappa shape index (κ3) is 4.08. The number of aromatic nitrogens is 2. The molecule has 0 atom stereocenters. The van der Waals surface area contributed by atoms with E-state index in [2.05, 4.69) is 10.1 Å². The van der Waals surface area contributed by atoms with Gasteiger partial charge in [-0.2, -0.15) is 9.29 Å². The fourth-order valence-electron chi connectivity index (χ4n) is 2.33. The Morgan fingerprint density at radius 2 is 1.89 bits per heavy atom. The van der Waals surface area contributed by atoms with Crippen LogP contribution in [0.4, 0.5) is 0 Å². The van der Waals surface area contributed by atoms with Crippen molar-refractivity contribution in [3.05, 3.63) is 58.4 Å². The second-order valence-corrected chi connectivity index (χ2v) is 8.41. The highest BCUT2D eigenvalue weighted by Crippen LogP contribution is 2.29. The maximum absolute atomic E-state index is 12.7. The monoisotopic (exact) mass is 427 g/mol. The van der Waals surface area contributed by atoms with E-state index in [0.717, 1.165) is 4.31 Å². The molecule has 1 heterocycles. The van der Waals surface area contributed by atoms with E-state index >= 15 is 0 Å². The molecule has 10 heteroatoms. The zero-order chi connectivity index (χ0) is 19.6. The van der Waals surface area contributed by atoms with Gasteiger partial charge in [0, 0.05) is 12.6 Å². The molecule has 7 nitrogen and oxygen atoms in total. The molecule has 0 unspecified atom stereocenters. The molecule has 142 valence electrons. The number of rotatable bonds is 6. The van der Waals surface area contributed by atoms with Gasteiger partial charge in [-0.3, -0.25) is 0 Å². The lowest BCUT2D eigenvalue weighted by Crippen LogP contribution is -2.26. The standard InChI is InChI=1S/C17H15Cl2N3O4S/c1-22(27(23,24)11-7-8-15(25-2)14(19)9-11)10-16-20-17(21-26-16)12-5-3-4-6-13(12)18/h3-9H,10H2,1-2H3. The summed E-state index contributed by atoms with van der Waals surface area (Å²) in [6.45, 7) is -0.108. The minimum atomic E-state index is -3.81. The Hall–Kier alpha value is -2.13. The number of sulfonamides is 1. The molecule has 0 saturated heterocycles. The van der Waals surface area contributed by atoms with E-state index < -0.39 is 10.0 Å². The van der Waals surface area contributed by atoms with Gasteiger partial charge in [0.2, 0.25) is 21.7 Å². The summed E-state index contributed by atoms with van der Waals surface area (Å²) in [5.41, 5.74) is 0.599. The van der Waals surface area contributed by atoms with E-state index in [1.165, 1.54) is 32.4 Å². The van der Waals surface area contributed by atoms with Crippen LogP contribution in [-0.2, 0) is 16.6 Å². The molecule has 0 amide bonds. The van der Waals surface area contributed by atoms with Gasteiger partial charge >= 0.3 is 0 Å². The van der Waals surface area contributed by atoms with Gasteiger partial charge in [-0.1, -0.05) is 40.5 Å². The van der Waals surface area contributed by atoms with E-state index in [0.29, 0.717) is 16.3 Å². The first kappa shape index (κ1) is 19.6. The van der Waals surface area contributed by atoms with Crippen molar-refractivity contribution in [2.75, 3.05) is 14.2 Å². The summed E-state index contributed by atoms with van der Waals surface area (Å²) < 4.78 is 36.8. The van der Waals surface area contributed by atoms with Crippen molar-refractivity contribution in [2.24, 2.45) is 0 Å². The molecule has 3 aromatic rings. The van der Waals surface area contributed by atoms with Gasteiger partial charge < -0.3 is 9.26 Å². The molecule has 1 aromatic heterocycles. The van der Waals surface area contributed by atoms with Crippen molar-refractivity contribution in [3.63, 3.8) is 0 Å². The number of methoxy groups -OCH3 is 1. The Morgan fingerprint density at radius 1 is 1.15 bits per heavy atom. The molecule has 0 radical (unpaired) electrons. The summed E-state index contributed by atoms with van der Waals surface area (Å²) in [6, 6.07) is 11.3. The molecule has 0 bridgehead atoms. The minimum absolute atomic E-state index is 0.0293. The van der Waals surface area contributed by atoms with Crippen molar-refractivity contribution in [2.45, 2.75) is 11.4 Å². The van der Waals surface area contributed by atoms with Crippen molar-refractivity contribution in [1.82, 2.24) is 14.4 Å². The molecule has 0 aliphatic carbocycles. The van der Waals surface area contributed by atoms with Crippen molar-refractivity contribution in [1.29, 1.82) is 0 Å². The predicted molar refractivity (Wildman–Crippen MR) is 101 cm³/mol. The fourth-order valence-corrected chi connectivity index (χ4v) is 4.02. The Bertz CT molecular complexity index is 1070. The second-order valence-electron chi connectivity index (χ2n) is 5.55. The second kappa shape index (κ2) is 7.85. The molecule has 3 rings (SSSR count). The molecule has 0 saturated carbocycles. The van der Waals surface area contributed by atoms with E-state index in [4.69, 9.17) is 32.5 Å². The number of halogens is 2. The highest BCUT2D eigenvalue weighted by Gasteiger charge is 2.24. The van der Waals surface area contributed by atoms with Gasteiger partial charge in [-0.05, 0) is 30.3 Å². The highest BCUT2D eigenvalue weighted by atomic mass is 35.5. The first-order valence-electron chi connectivity index (χ1n) is 7.70. The Morgan fingerprint density at radius 3 is 2.56 bits per heavy atom. The average Bonchev–Trinajstić information content (AvgIpc) is 3.10. The molecule has 27 heavy (non-hydrogen) atoms. The summed E-state index contributed by atoms with van der Waals surface area (Å²) in [6.07, 6.45) is 0. The number of hydrogen-bond donors (Lipinski definition) is 0. The smallest absolute Gasteiger partial charge is 0.243 e. The van der Waals surface area contributed by atoms with E-state index in [9.17, 15) is 8.42 Å². The topological polar surface area (TPSA) is 85.5 Å². The van der Waals surface area contributed by atoms with Gasteiger partial charge in [0.05, 0.1) is 28.6 Å². The summed E-state index contributed by atoms with van der Waals surface area (Å²) in [4.78, 5) is 4.25. The van der Waals surface area contributed by atoms with Gasteiger partial charge in [0.25, 0.3) is 0 Å². The van der Waals surface area contributed by atoms with Crippen molar-refractivity contribution >= 4 is 33.2 Å². The van der Waals surface area contributed by atoms with E-state index in [1.54, 1.807) is 24.3 Å². The Kier molecular flexibility index (Phi) is 5.71. The first-order valence-corrected chi connectivity index (χ1v) is 9.90. The van der Waals surface area contributed by atoms with Crippen LogP contribution in [0, 0.1) is 0 Å². The van der Waals surface area contributed by atoms with Gasteiger partial charge in [0.15, 0.2) is 0 Å². The fraction of sp³-hybridized carbons (Fsp3) is 0.176. The molecule has 0 aliphatic rings. The summed E-state index contributed by atoms with van der Waals surface area (Å²) in [5, 5.41) is 4.53. The number of hydrogen-bond acceptors (Lipinski definition) is 6. The Balaban J connectivity index is 1.82. The van der Waals surface area contributed by atoms with Crippen LogP contribution in [0.2, 0.25) is 10.0 Å². The summed E-state index contributed by atoms with van der Waals surface area (Å²) >= 11 is 12.1. The van der Waals surface area contributed by atoms with Crippen LogP contribution in [0.5, 0.6) is 5.75 Å². The molecule has 0 N–H and O–H groups in total. The zero-order valence-corrected chi connectivity index (χ0v) is 16.7. The van der Waals surface area contributed by atoms with Gasteiger partial charge in [-0.25, -0.2) is 8.42 Å². The molecule has 0 aliphatic heterocycles. The average molecular weight is 428 g/mol. The normalized spacial score (nSPS) is 11.7. The van der Waals surface area contributed by atoms with Gasteiger partial charge in [-0.15, -0.1) is 0 Å². The van der Waals surface area contributed by atoms with Crippen molar-refractivity contribution in [3.8, 4) is 17.1 Å². The first-order chi connectivity index (χ1) is 12.8. The molecule has 0 fully saturated rings. The Labute approximate surface area is 166 Å². The van der Waals surface area contributed by atoms with Crippen LogP contribution < -0.4 is 4.74 Å². The SMILES string of the molecule is COc1ccc(S(=O)(=O)N(C)Cc2nc(-c3ccccc3Cl)no2)cc1Cl. The third-order valence-corrected chi connectivity index (χ3v) is 6.20. The molecular formula is C17H15Cl2N3O4S. The summed E-state index contributed by atoms with van der Waals surface area (Å²) in [7, 11) is -0.947. The maximum Gasteiger partial charge on any atom is 0.243 e. The number of ether oxygens (including phenoxy) is 1. The van der Waals surface area contributed by atoms with E-state index in [1.807, 2.05) is 0 Å². The van der Waals surface area contributed by atoms with Crippen LogP contribution in [0.3, 0.4) is 0 Å². The summed E-state index contributed by atoms with van der Waals surface area (Å²) in [5.74, 6) is 0.809. The van der Waals surface area contributed by atoms with Crippen LogP contribution in [0.1, 0.15) is 5.89 Å². The highest BCUT2D eigenvalue weighted by molar-refractivity contribution is 7.89. The van der Waals surface area contributed by atoms with Gasteiger partial charge in [0.1, 0.15) is 5.75 Å². The largest absolute Gasteiger partial charge is 0.495 e. The minimum Gasteiger partial charge on any atom is -0.495 e. The quantitative estimate of drug-likeness (QED) is 0.593. The van der Waals surface area contributed by atoms with Crippen LogP contribution in [0.15, 0.2) is 51.9 Å². The maximum atomic E-state index is 12.7. The molecule has 0 spiro atoms. The number of nitrogens with zero attached hydrogens (tertiary/aromatic N) is 3. The number of benzene rings is 2. The van der Waals surface area contributed by atoms with Crippen LogP contribution >= 0.6 is 23.2 Å². The van der Waals surface area contributed by atoms with Crippen LogP contribution in [-0.4, -0.2) is 37.0 Å². The predicted octanol–water partition coefficient (Wildman–Crippen LogP) is 3.87. The molecule has 2 aromatic carbocycles. The lowest BCUT2D eigenvalue weighted by Gasteiger charge is -2.15. The van der Waals surface area contributed by atoms with Crippen LogP contribution in [0.25, 0.3) is 11.4 Å². The lowest BCUT2D eigenvalue weighted by atomic mass is 10.2. The van der Waals surface area contributed by atoms with E-state index in [-0.39, 0.29) is 28.2 Å². The molecular weight excluding hydrogens is 413 g/mol. The van der Waals surface area contributed by atoms with Crippen molar-refractivity contribution < 1.29 is 17.7 Å². The third-order valence-electron chi connectivity index (χ3n) is 3.77.